The van der Waals surface area contributed by atoms with E-state index >= 15 is 0 Å². The molecule has 27 heavy (non-hydrogen) atoms. The van der Waals surface area contributed by atoms with Crippen LogP contribution in [0.3, 0.4) is 0 Å². The zero-order valence-electron chi connectivity index (χ0n) is 15.0. The van der Waals surface area contributed by atoms with Crippen LogP contribution < -0.4 is 9.47 Å². The van der Waals surface area contributed by atoms with Crippen LogP contribution in [-0.4, -0.2) is 53.7 Å². The molecule has 0 bridgehead atoms. The highest BCUT2D eigenvalue weighted by molar-refractivity contribution is 7.92. The molecule has 0 aliphatic carbocycles. The van der Waals surface area contributed by atoms with Gasteiger partial charge in [0.25, 0.3) is 0 Å². The molecule has 1 fully saturated rings. The molecule has 0 aromatic heterocycles. The van der Waals surface area contributed by atoms with Gasteiger partial charge in [-0.3, -0.25) is 0 Å². The van der Waals surface area contributed by atoms with Crippen molar-refractivity contribution in [3.63, 3.8) is 0 Å². The highest BCUT2D eigenvalue weighted by atomic mass is 32.2. The van der Waals surface area contributed by atoms with Gasteiger partial charge in [-0.25, -0.2) is 16.8 Å². The standard InChI is InChI=1S/C18H21NO6S2/c1-24-14-8-9-17(25-2)18(12-14)27(22,23)19-11-10-16(13-19)26(20,21)15-6-4-3-5-7-15/h3-9,12,16H,10-11,13H2,1-2H3. The van der Waals surface area contributed by atoms with E-state index in [9.17, 15) is 16.8 Å². The zero-order chi connectivity index (χ0) is 19.7. The minimum atomic E-state index is -3.93. The van der Waals surface area contributed by atoms with Crippen molar-refractivity contribution < 1.29 is 26.3 Å². The summed E-state index contributed by atoms with van der Waals surface area (Å²) in [5.41, 5.74) is 0. The molecule has 1 heterocycles. The van der Waals surface area contributed by atoms with Gasteiger partial charge < -0.3 is 9.47 Å². The van der Waals surface area contributed by atoms with Gasteiger partial charge in [-0.2, -0.15) is 4.31 Å². The van der Waals surface area contributed by atoms with E-state index in [2.05, 4.69) is 0 Å². The first-order valence-corrected chi connectivity index (χ1v) is 11.3. The molecular formula is C18H21NO6S2. The van der Waals surface area contributed by atoms with E-state index in [0.717, 1.165) is 0 Å². The second-order valence-corrected chi connectivity index (χ2v) is 10.3. The molecule has 1 unspecified atom stereocenters. The van der Waals surface area contributed by atoms with Crippen molar-refractivity contribution >= 4 is 19.9 Å². The summed E-state index contributed by atoms with van der Waals surface area (Å²) in [4.78, 5) is 0.162. The lowest BCUT2D eigenvalue weighted by atomic mass is 10.3. The third-order valence-electron chi connectivity index (χ3n) is 4.61. The van der Waals surface area contributed by atoms with Crippen LogP contribution in [0, 0.1) is 0 Å². The topological polar surface area (TPSA) is 90.0 Å². The molecule has 0 amide bonds. The summed E-state index contributed by atoms with van der Waals surface area (Å²) in [6, 6.07) is 12.6. The maximum atomic E-state index is 13.1. The van der Waals surface area contributed by atoms with Gasteiger partial charge in [0.15, 0.2) is 9.84 Å². The number of ether oxygens (including phenoxy) is 2. The van der Waals surface area contributed by atoms with E-state index in [4.69, 9.17) is 9.47 Å². The minimum Gasteiger partial charge on any atom is -0.497 e. The lowest BCUT2D eigenvalue weighted by Crippen LogP contribution is -2.32. The lowest BCUT2D eigenvalue weighted by Gasteiger charge is -2.19. The van der Waals surface area contributed by atoms with Crippen molar-refractivity contribution in [3.8, 4) is 11.5 Å². The van der Waals surface area contributed by atoms with Gasteiger partial charge in [0.2, 0.25) is 10.0 Å². The number of rotatable bonds is 6. The number of methoxy groups -OCH3 is 2. The van der Waals surface area contributed by atoms with Gasteiger partial charge in [-0.15, -0.1) is 0 Å². The SMILES string of the molecule is COc1ccc(OC)c(S(=O)(=O)N2CCC(S(=O)(=O)c3ccccc3)C2)c1. The van der Waals surface area contributed by atoms with E-state index in [0.29, 0.717) is 5.75 Å². The van der Waals surface area contributed by atoms with Crippen LogP contribution in [0.4, 0.5) is 0 Å². The van der Waals surface area contributed by atoms with Gasteiger partial charge in [0.1, 0.15) is 16.4 Å². The molecule has 1 saturated heterocycles. The molecular weight excluding hydrogens is 390 g/mol. The summed E-state index contributed by atoms with van der Waals surface area (Å²) in [5.74, 6) is 0.562. The summed E-state index contributed by atoms with van der Waals surface area (Å²) < 4.78 is 63.3. The summed E-state index contributed by atoms with van der Waals surface area (Å²) in [6.45, 7) is 0.0271. The first-order valence-electron chi connectivity index (χ1n) is 8.32. The third-order valence-corrected chi connectivity index (χ3v) is 8.68. The highest BCUT2D eigenvalue weighted by Crippen LogP contribution is 2.33. The van der Waals surface area contributed by atoms with Crippen LogP contribution in [0.25, 0.3) is 0 Å². The van der Waals surface area contributed by atoms with Crippen molar-refractivity contribution in [2.24, 2.45) is 0 Å². The Labute approximate surface area is 159 Å². The molecule has 2 aromatic carbocycles. The molecule has 0 radical (unpaired) electrons. The second-order valence-electron chi connectivity index (χ2n) is 6.15. The lowest BCUT2D eigenvalue weighted by molar-refractivity contribution is 0.388. The molecule has 0 spiro atoms. The highest BCUT2D eigenvalue weighted by Gasteiger charge is 2.40. The predicted molar refractivity (Wildman–Crippen MR) is 100 cm³/mol. The monoisotopic (exact) mass is 411 g/mol. The molecule has 1 atom stereocenters. The molecule has 2 aromatic rings. The Morgan fingerprint density at radius 2 is 1.67 bits per heavy atom. The Morgan fingerprint density at radius 1 is 0.963 bits per heavy atom. The van der Waals surface area contributed by atoms with E-state index < -0.39 is 25.1 Å². The number of nitrogens with zero attached hydrogens (tertiary/aromatic N) is 1. The maximum absolute atomic E-state index is 13.1. The fourth-order valence-corrected chi connectivity index (χ4v) is 6.58. The fourth-order valence-electron chi connectivity index (χ4n) is 3.10. The molecule has 146 valence electrons. The number of benzene rings is 2. The molecule has 9 heteroatoms. The number of sulfone groups is 1. The Bertz CT molecular complexity index is 1020. The summed E-state index contributed by atoms with van der Waals surface area (Å²) in [5, 5.41) is -0.786. The van der Waals surface area contributed by atoms with Crippen LogP contribution in [0.1, 0.15) is 6.42 Å². The van der Waals surface area contributed by atoms with Gasteiger partial charge in [0, 0.05) is 19.2 Å². The molecule has 1 aliphatic rings. The minimum absolute atomic E-state index is 0.0397. The van der Waals surface area contributed by atoms with E-state index in [1.807, 2.05) is 0 Å². The van der Waals surface area contributed by atoms with Crippen molar-refractivity contribution in [1.29, 1.82) is 0 Å². The number of sulfonamides is 1. The summed E-state index contributed by atoms with van der Waals surface area (Å²) in [6.07, 6.45) is 0.239. The Morgan fingerprint density at radius 3 is 2.30 bits per heavy atom. The average molecular weight is 412 g/mol. The van der Waals surface area contributed by atoms with Crippen molar-refractivity contribution in [2.45, 2.75) is 21.5 Å². The quantitative estimate of drug-likeness (QED) is 0.722. The largest absolute Gasteiger partial charge is 0.497 e. The van der Waals surface area contributed by atoms with Gasteiger partial charge in [-0.1, -0.05) is 18.2 Å². The van der Waals surface area contributed by atoms with Crippen LogP contribution >= 0.6 is 0 Å². The molecule has 0 saturated carbocycles. The van der Waals surface area contributed by atoms with E-state index in [1.54, 1.807) is 24.3 Å². The van der Waals surface area contributed by atoms with Crippen LogP contribution in [0.5, 0.6) is 11.5 Å². The first kappa shape index (κ1) is 19.7. The third kappa shape index (κ3) is 3.67. The zero-order valence-corrected chi connectivity index (χ0v) is 16.7. The smallest absolute Gasteiger partial charge is 0.246 e. The molecule has 1 aliphatic heterocycles. The first-order chi connectivity index (χ1) is 12.8. The van der Waals surface area contributed by atoms with Crippen molar-refractivity contribution in [3.05, 3.63) is 48.5 Å². The van der Waals surface area contributed by atoms with E-state index in [1.165, 1.54) is 42.8 Å². The van der Waals surface area contributed by atoms with E-state index in [-0.39, 0.29) is 35.1 Å². The second kappa shape index (κ2) is 7.49. The van der Waals surface area contributed by atoms with Gasteiger partial charge in [0.05, 0.1) is 24.4 Å². The predicted octanol–water partition coefficient (Wildman–Crippen LogP) is 1.94. The molecule has 7 nitrogen and oxygen atoms in total. The van der Waals surface area contributed by atoms with Crippen LogP contribution in [-0.2, 0) is 19.9 Å². The maximum Gasteiger partial charge on any atom is 0.246 e. The number of hydrogen-bond acceptors (Lipinski definition) is 6. The van der Waals surface area contributed by atoms with Crippen molar-refractivity contribution in [2.75, 3.05) is 27.3 Å². The van der Waals surface area contributed by atoms with Crippen molar-refractivity contribution in [1.82, 2.24) is 4.31 Å². The van der Waals surface area contributed by atoms with Gasteiger partial charge in [-0.05, 0) is 30.7 Å². The van der Waals surface area contributed by atoms with Crippen LogP contribution in [0.2, 0.25) is 0 Å². The molecule has 3 rings (SSSR count). The summed E-state index contributed by atoms with van der Waals surface area (Å²) in [7, 11) is -4.71. The summed E-state index contributed by atoms with van der Waals surface area (Å²) >= 11 is 0. The number of hydrogen-bond donors (Lipinski definition) is 0. The Kier molecular flexibility index (Phi) is 5.45. The van der Waals surface area contributed by atoms with Crippen LogP contribution in [0.15, 0.2) is 58.3 Å². The normalized spacial score (nSPS) is 18.4. The average Bonchev–Trinajstić information content (AvgIpc) is 3.20. The fraction of sp³-hybridized carbons (Fsp3) is 0.333. The van der Waals surface area contributed by atoms with Gasteiger partial charge >= 0.3 is 0 Å². The molecule has 0 N–H and O–H groups in total. The Hall–Kier alpha value is -2.10. The Balaban J connectivity index is 1.91.